The maximum absolute atomic E-state index is 3.77. The summed E-state index contributed by atoms with van der Waals surface area (Å²) in [6.45, 7) is 9.21. The molecule has 2 unspecified atom stereocenters. The Morgan fingerprint density at radius 2 is 2.33 bits per heavy atom. The molecule has 0 bridgehead atoms. The van der Waals surface area contributed by atoms with E-state index in [9.17, 15) is 0 Å². The number of rotatable bonds is 3. The van der Waals surface area contributed by atoms with Gasteiger partial charge in [-0.3, -0.25) is 0 Å². The third-order valence-electron chi connectivity index (χ3n) is 1.94. The van der Waals surface area contributed by atoms with E-state index in [0.29, 0.717) is 0 Å². The molecule has 1 N–H and O–H groups in total. The van der Waals surface area contributed by atoms with Crippen molar-refractivity contribution < 1.29 is 0 Å². The maximum atomic E-state index is 3.77. The van der Waals surface area contributed by atoms with Gasteiger partial charge in [-0.15, -0.1) is 0 Å². The zero-order valence-corrected chi connectivity index (χ0v) is 6.28. The van der Waals surface area contributed by atoms with Crippen molar-refractivity contribution in [3.63, 3.8) is 0 Å². The van der Waals surface area contributed by atoms with Crippen LogP contribution < -0.4 is 5.32 Å². The highest BCUT2D eigenvalue weighted by Crippen LogP contribution is 2.36. The molecule has 52 valence electrons. The predicted octanol–water partition coefficient (Wildman–Crippen LogP) is 1.77. The average Bonchev–Trinajstić information content (AvgIpc) is 2.42. The molecule has 0 radical (unpaired) electrons. The van der Waals surface area contributed by atoms with Crippen LogP contribution in [0.5, 0.6) is 0 Å². The first-order chi connectivity index (χ1) is 4.20. The van der Waals surface area contributed by atoms with Gasteiger partial charge in [0.25, 0.3) is 0 Å². The highest BCUT2D eigenvalue weighted by atomic mass is 14.9. The van der Waals surface area contributed by atoms with Crippen LogP contribution in [0.2, 0.25) is 0 Å². The fourth-order valence-electron chi connectivity index (χ4n) is 0.989. The second-order valence-electron chi connectivity index (χ2n) is 3.13. The summed E-state index contributed by atoms with van der Waals surface area (Å²) in [4.78, 5) is 0. The lowest BCUT2D eigenvalue weighted by Gasteiger charge is -2.01. The lowest BCUT2D eigenvalue weighted by molar-refractivity contribution is 0.674. The van der Waals surface area contributed by atoms with Crippen LogP contribution in [0, 0.1) is 11.8 Å². The summed E-state index contributed by atoms with van der Waals surface area (Å²) in [7, 11) is 0. The van der Waals surface area contributed by atoms with Gasteiger partial charge < -0.3 is 5.32 Å². The van der Waals surface area contributed by atoms with E-state index in [1.54, 1.807) is 0 Å². The molecule has 1 nitrogen and oxygen atoms in total. The van der Waals surface area contributed by atoms with Crippen molar-refractivity contribution >= 4 is 0 Å². The standard InChI is InChI=1S/C8H15N/c1-6(2)9-5-8-4-7(8)3/h7-9H,1,4-5H2,2-3H3. The van der Waals surface area contributed by atoms with Crippen LogP contribution >= 0.6 is 0 Å². The first kappa shape index (κ1) is 6.66. The molecule has 0 heterocycles. The summed E-state index contributed by atoms with van der Waals surface area (Å²) < 4.78 is 0. The van der Waals surface area contributed by atoms with E-state index in [1.165, 1.54) is 6.42 Å². The molecule has 1 aliphatic rings. The van der Waals surface area contributed by atoms with Gasteiger partial charge in [-0.25, -0.2) is 0 Å². The van der Waals surface area contributed by atoms with E-state index in [-0.39, 0.29) is 0 Å². The van der Waals surface area contributed by atoms with E-state index >= 15 is 0 Å². The SMILES string of the molecule is C=C(C)NCC1CC1C. The molecule has 2 atom stereocenters. The van der Waals surface area contributed by atoms with E-state index < -0.39 is 0 Å². The van der Waals surface area contributed by atoms with Gasteiger partial charge >= 0.3 is 0 Å². The molecular formula is C8H15N. The molecule has 1 aliphatic carbocycles. The quantitative estimate of drug-likeness (QED) is 0.606. The van der Waals surface area contributed by atoms with E-state index in [4.69, 9.17) is 0 Å². The molecule has 1 saturated carbocycles. The van der Waals surface area contributed by atoms with Crippen LogP contribution in [0.25, 0.3) is 0 Å². The molecule has 0 spiro atoms. The number of nitrogens with one attached hydrogen (secondary N) is 1. The molecule has 0 aliphatic heterocycles. The Morgan fingerprint density at radius 1 is 1.78 bits per heavy atom. The number of hydrogen-bond acceptors (Lipinski definition) is 1. The van der Waals surface area contributed by atoms with E-state index in [1.807, 2.05) is 6.92 Å². The Hall–Kier alpha value is -0.460. The smallest absolute Gasteiger partial charge is 0.0174 e. The highest BCUT2D eigenvalue weighted by molar-refractivity contribution is 4.90. The summed E-state index contributed by atoms with van der Waals surface area (Å²) >= 11 is 0. The van der Waals surface area contributed by atoms with Crippen molar-refractivity contribution in [3.05, 3.63) is 12.3 Å². The minimum absolute atomic E-state index is 0.932. The molecule has 1 heteroatoms. The fourth-order valence-corrected chi connectivity index (χ4v) is 0.989. The van der Waals surface area contributed by atoms with E-state index in [0.717, 1.165) is 24.1 Å². The van der Waals surface area contributed by atoms with Crippen molar-refractivity contribution in [1.29, 1.82) is 0 Å². The first-order valence-corrected chi connectivity index (χ1v) is 3.59. The lowest BCUT2D eigenvalue weighted by Crippen LogP contribution is -2.13. The van der Waals surface area contributed by atoms with Crippen LogP contribution in [0.1, 0.15) is 20.3 Å². The van der Waals surface area contributed by atoms with Gasteiger partial charge in [-0.2, -0.15) is 0 Å². The van der Waals surface area contributed by atoms with Crippen molar-refractivity contribution in [2.75, 3.05) is 6.54 Å². The monoisotopic (exact) mass is 125 g/mol. The van der Waals surface area contributed by atoms with Crippen molar-refractivity contribution in [1.82, 2.24) is 5.32 Å². The molecule has 1 fully saturated rings. The van der Waals surface area contributed by atoms with Crippen LogP contribution in [-0.2, 0) is 0 Å². The molecule has 0 aromatic carbocycles. The maximum Gasteiger partial charge on any atom is 0.0174 e. The lowest BCUT2D eigenvalue weighted by atomic mass is 10.3. The summed E-state index contributed by atoms with van der Waals surface area (Å²) in [5, 5.41) is 3.24. The topological polar surface area (TPSA) is 12.0 Å². The molecule has 0 saturated heterocycles. The Bertz CT molecular complexity index is 118. The molecule has 0 aromatic heterocycles. The Kier molecular flexibility index (Phi) is 1.79. The van der Waals surface area contributed by atoms with Gasteiger partial charge in [-0.05, 0) is 25.2 Å². The average molecular weight is 125 g/mol. The zero-order chi connectivity index (χ0) is 6.85. The van der Waals surface area contributed by atoms with Gasteiger partial charge in [0.1, 0.15) is 0 Å². The van der Waals surface area contributed by atoms with Crippen LogP contribution in [0.3, 0.4) is 0 Å². The third-order valence-corrected chi connectivity index (χ3v) is 1.94. The van der Waals surface area contributed by atoms with E-state index in [2.05, 4.69) is 18.8 Å². The molecule has 1 rings (SSSR count). The van der Waals surface area contributed by atoms with Gasteiger partial charge in [-0.1, -0.05) is 13.5 Å². The van der Waals surface area contributed by atoms with Crippen molar-refractivity contribution in [2.45, 2.75) is 20.3 Å². The number of allylic oxidation sites excluding steroid dienone is 1. The Balaban J connectivity index is 2.00. The molecule has 0 aromatic rings. The third kappa shape index (κ3) is 2.08. The normalized spacial score (nSPS) is 31.8. The van der Waals surface area contributed by atoms with Crippen molar-refractivity contribution in [3.8, 4) is 0 Å². The van der Waals surface area contributed by atoms with Gasteiger partial charge in [0.15, 0.2) is 0 Å². The molecule has 0 amide bonds. The van der Waals surface area contributed by atoms with Gasteiger partial charge in [0, 0.05) is 12.2 Å². The first-order valence-electron chi connectivity index (χ1n) is 3.59. The Morgan fingerprint density at radius 3 is 2.67 bits per heavy atom. The summed E-state index contributed by atoms with van der Waals surface area (Å²) in [6.07, 6.45) is 1.40. The summed E-state index contributed by atoms with van der Waals surface area (Å²) in [5.41, 5.74) is 1.09. The molecular weight excluding hydrogens is 110 g/mol. The zero-order valence-electron chi connectivity index (χ0n) is 6.28. The van der Waals surface area contributed by atoms with Crippen molar-refractivity contribution in [2.24, 2.45) is 11.8 Å². The Labute approximate surface area is 57.1 Å². The van der Waals surface area contributed by atoms with Crippen LogP contribution in [0.4, 0.5) is 0 Å². The fraction of sp³-hybridized carbons (Fsp3) is 0.750. The van der Waals surface area contributed by atoms with Crippen LogP contribution in [-0.4, -0.2) is 6.54 Å². The predicted molar refractivity (Wildman–Crippen MR) is 40.1 cm³/mol. The number of hydrogen-bond donors (Lipinski definition) is 1. The largest absolute Gasteiger partial charge is 0.389 e. The second-order valence-corrected chi connectivity index (χ2v) is 3.13. The minimum Gasteiger partial charge on any atom is -0.389 e. The van der Waals surface area contributed by atoms with Gasteiger partial charge in [0.2, 0.25) is 0 Å². The summed E-state index contributed by atoms with van der Waals surface area (Å²) in [6, 6.07) is 0. The molecule has 9 heavy (non-hydrogen) atoms. The van der Waals surface area contributed by atoms with Crippen LogP contribution in [0.15, 0.2) is 12.3 Å². The minimum atomic E-state index is 0.932. The van der Waals surface area contributed by atoms with Gasteiger partial charge in [0.05, 0.1) is 0 Å². The second kappa shape index (κ2) is 2.42. The highest BCUT2D eigenvalue weighted by Gasteiger charge is 2.31. The summed E-state index contributed by atoms with van der Waals surface area (Å²) in [5.74, 6) is 1.89.